The lowest BCUT2D eigenvalue weighted by atomic mass is 9.77. The number of carbonyl (C=O) groups is 1. The molecule has 2 saturated heterocycles. The van der Waals surface area contributed by atoms with Gasteiger partial charge in [0.25, 0.3) is 0 Å². The van der Waals surface area contributed by atoms with Crippen molar-refractivity contribution in [1.82, 2.24) is 9.80 Å². The molecule has 36 heavy (non-hydrogen) atoms. The number of nitrogens with zero attached hydrogens (tertiary/aromatic N) is 2. The number of hydrogen-bond donors (Lipinski definition) is 1. The van der Waals surface area contributed by atoms with Crippen LogP contribution in [-0.2, 0) is 29.1 Å². The lowest BCUT2D eigenvalue weighted by Gasteiger charge is -2.52. The van der Waals surface area contributed by atoms with Gasteiger partial charge in [0, 0.05) is 39.2 Å². The Morgan fingerprint density at radius 1 is 1.17 bits per heavy atom. The zero-order valence-electron chi connectivity index (χ0n) is 22.3. The van der Waals surface area contributed by atoms with Gasteiger partial charge >= 0.3 is 0 Å². The molecule has 2 aromatic carbocycles. The summed E-state index contributed by atoms with van der Waals surface area (Å²) in [5.41, 5.74) is 2.42. The summed E-state index contributed by atoms with van der Waals surface area (Å²) >= 11 is 0. The van der Waals surface area contributed by atoms with Crippen molar-refractivity contribution >= 4 is 5.91 Å². The standard InChI is InChI=1S/C30H42N2O4/c1-5-9-24-12-13-27(35-21-25-10-7-6-8-11-25)26(18-24)20-32-16-14-30(15-17-32)19-28(31(4)23(2)33)29(3,34)22-36-30/h6-8,10-13,18,28,34H,5,9,14-17,19-22H2,1-4H3/t28-,29-/m0/s1. The molecule has 0 unspecified atom stereocenters. The van der Waals surface area contributed by atoms with E-state index in [1.807, 2.05) is 18.2 Å². The number of piperidine rings is 1. The molecule has 1 spiro atoms. The fourth-order valence-electron chi connectivity index (χ4n) is 5.58. The first-order valence-electron chi connectivity index (χ1n) is 13.3. The molecule has 0 saturated carbocycles. The van der Waals surface area contributed by atoms with Crippen molar-refractivity contribution < 1.29 is 19.4 Å². The quantitative estimate of drug-likeness (QED) is 0.583. The first-order valence-corrected chi connectivity index (χ1v) is 13.3. The lowest BCUT2D eigenvalue weighted by Crippen LogP contribution is -2.63. The van der Waals surface area contributed by atoms with Crippen LogP contribution < -0.4 is 4.74 Å². The summed E-state index contributed by atoms with van der Waals surface area (Å²) in [6.07, 6.45) is 4.63. The highest BCUT2D eigenvalue weighted by atomic mass is 16.5. The second-order valence-electron chi connectivity index (χ2n) is 10.9. The first kappa shape index (κ1) is 26.6. The van der Waals surface area contributed by atoms with E-state index in [0.717, 1.165) is 56.6 Å². The monoisotopic (exact) mass is 494 g/mol. The van der Waals surface area contributed by atoms with Crippen molar-refractivity contribution in [2.45, 2.75) is 83.3 Å². The van der Waals surface area contributed by atoms with Crippen LogP contribution in [-0.4, -0.2) is 64.8 Å². The molecule has 4 rings (SSSR count). The summed E-state index contributed by atoms with van der Waals surface area (Å²) in [5.74, 6) is 0.928. The smallest absolute Gasteiger partial charge is 0.219 e. The van der Waals surface area contributed by atoms with Crippen LogP contribution in [0.1, 0.15) is 63.1 Å². The fourth-order valence-corrected chi connectivity index (χ4v) is 5.58. The zero-order chi connectivity index (χ0) is 25.8. The van der Waals surface area contributed by atoms with Gasteiger partial charge in [0.2, 0.25) is 5.91 Å². The predicted octanol–water partition coefficient (Wildman–Crippen LogP) is 4.57. The first-order chi connectivity index (χ1) is 17.2. The van der Waals surface area contributed by atoms with Crippen molar-refractivity contribution in [2.75, 3.05) is 26.7 Å². The Bertz CT molecular complexity index is 1010. The molecule has 6 heteroatoms. The van der Waals surface area contributed by atoms with Crippen LogP contribution in [0.3, 0.4) is 0 Å². The number of amides is 1. The summed E-state index contributed by atoms with van der Waals surface area (Å²) in [7, 11) is 1.79. The number of carbonyl (C=O) groups excluding carboxylic acids is 1. The van der Waals surface area contributed by atoms with Crippen LogP contribution in [0.4, 0.5) is 0 Å². The lowest BCUT2D eigenvalue weighted by molar-refractivity contribution is -0.209. The number of rotatable bonds is 8. The number of aliphatic hydroxyl groups is 1. The third-order valence-corrected chi connectivity index (χ3v) is 7.98. The summed E-state index contributed by atoms with van der Waals surface area (Å²) < 4.78 is 12.6. The van der Waals surface area contributed by atoms with Gasteiger partial charge in [0.1, 0.15) is 18.0 Å². The van der Waals surface area contributed by atoms with Gasteiger partial charge in [-0.2, -0.15) is 0 Å². The topological polar surface area (TPSA) is 62.2 Å². The van der Waals surface area contributed by atoms with Crippen molar-refractivity contribution in [1.29, 1.82) is 0 Å². The van der Waals surface area contributed by atoms with E-state index in [2.05, 4.69) is 42.2 Å². The van der Waals surface area contributed by atoms with Gasteiger partial charge in [0.05, 0.1) is 18.2 Å². The van der Waals surface area contributed by atoms with Crippen LogP contribution in [0.25, 0.3) is 0 Å². The maximum absolute atomic E-state index is 12.1. The highest BCUT2D eigenvalue weighted by Crippen LogP contribution is 2.40. The van der Waals surface area contributed by atoms with Gasteiger partial charge in [-0.3, -0.25) is 9.69 Å². The van der Waals surface area contributed by atoms with E-state index in [1.165, 1.54) is 11.1 Å². The average Bonchev–Trinajstić information content (AvgIpc) is 2.87. The number of ether oxygens (including phenoxy) is 2. The number of benzene rings is 2. The molecule has 0 radical (unpaired) electrons. The molecule has 2 aromatic rings. The second kappa shape index (κ2) is 11.3. The molecule has 0 bridgehead atoms. The fraction of sp³-hybridized carbons (Fsp3) is 0.567. The molecule has 2 aliphatic rings. The van der Waals surface area contributed by atoms with Gasteiger partial charge in [0.15, 0.2) is 0 Å². The van der Waals surface area contributed by atoms with E-state index in [0.29, 0.717) is 13.0 Å². The Morgan fingerprint density at radius 3 is 2.56 bits per heavy atom. The van der Waals surface area contributed by atoms with Gasteiger partial charge in [-0.25, -0.2) is 0 Å². The van der Waals surface area contributed by atoms with Crippen LogP contribution >= 0.6 is 0 Å². The van der Waals surface area contributed by atoms with Gasteiger partial charge in [-0.05, 0) is 49.8 Å². The molecule has 2 atom stereocenters. The number of likely N-dealkylation sites (N-methyl/N-ethyl adjacent to an activating group) is 1. The van der Waals surface area contributed by atoms with E-state index in [4.69, 9.17) is 9.47 Å². The molecule has 6 nitrogen and oxygen atoms in total. The molecule has 2 fully saturated rings. The minimum Gasteiger partial charge on any atom is -0.489 e. The van der Waals surface area contributed by atoms with Crippen LogP contribution in [0.15, 0.2) is 48.5 Å². The predicted molar refractivity (Wildman–Crippen MR) is 142 cm³/mol. The second-order valence-corrected chi connectivity index (χ2v) is 10.9. The van der Waals surface area contributed by atoms with Crippen molar-refractivity contribution in [3.63, 3.8) is 0 Å². The normalized spacial score (nSPS) is 24.0. The highest BCUT2D eigenvalue weighted by Gasteiger charge is 2.50. The van der Waals surface area contributed by atoms with E-state index in [1.54, 1.807) is 25.8 Å². The van der Waals surface area contributed by atoms with E-state index in [9.17, 15) is 9.90 Å². The maximum Gasteiger partial charge on any atom is 0.219 e. The van der Waals surface area contributed by atoms with Gasteiger partial charge in [-0.1, -0.05) is 55.8 Å². The van der Waals surface area contributed by atoms with E-state index >= 15 is 0 Å². The van der Waals surface area contributed by atoms with Gasteiger partial charge in [-0.15, -0.1) is 0 Å². The third-order valence-electron chi connectivity index (χ3n) is 7.98. The van der Waals surface area contributed by atoms with Crippen LogP contribution in [0.2, 0.25) is 0 Å². The van der Waals surface area contributed by atoms with E-state index < -0.39 is 5.60 Å². The Hall–Kier alpha value is -2.41. The molecule has 0 aliphatic carbocycles. The third kappa shape index (κ3) is 6.28. The molecule has 2 heterocycles. The largest absolute Gasteiger partial charge is 0.489 e. The number of likely N-dealkylation sites (tertiary alicyclic amines) is 1. The summed E-state index contributed by atoms with van der Waals surface area (Å²) in [6.45, 7) is 9.02. The Kier molecular flexibility index (Phi) is 8.38. The molecule has 196 valence electrons. The minimum atomic E-state index is -1.03. The zero-order valence-corrected chi connectivity index (χ0v) is 22.3. The Morgan fingerprint density at radius 2 is 1.89 bits per heavy atom. The van der Waals surface area contributed by atoms with Gasteiger partial charge < -0.3 is 19.5 Å². The molecule has 0 aromatic heterocycles. The Labute approximate surface area is 216 Å². The number of aryl methyl sites for hydroxylation is 1. The minimum absolute atomic E-state index is 0.0234. The molecular formula is C30H42N2O4. The molecular weight excluding hydrogens is 452 g/mol. The summed E-state index contributed by atoms with van der Waals surface area (Å²) in [5, 5.41) is 10.9. The maximum atomic E-state index is 12.1. The SMILES string of the molecule is CCCc1ccc(OCc2ccccc2)c(CN2CCC3(CC2)C[C@H](N(C)C(C)=O)[C@@](C)(O)CO3)c1. The molecule has 1 N–H and O–H groups in total. The van der Waals surface area contributed by atoms with E-state index in [-0.39, 0.29) is 24.2 Å². The summed E-state index contributed by atoms with van der Waals surface area (Å²) in [4.78, 5) is 16.2. The van der Waals surface area contributed by atoms with Crippen molar-refractivity contribution in [3.05, 3.63) is 65.2 Å². The van der Waals surface area contributed by atoms with Crippen LogP contribution in [0.5, 0.6) is 5.75 Å². The Balaban J connectivity index is 1.42. The average molecular weight is 495 g/mol. The van der Waals surface area contributed by atoms with Crippen LogP contribution in [0, 0.1) is 0 Å². The summed E-state index contributed by atoms with van der Waals surface area (Å²) in [6, 6.07) is 16.7. The molecule has 1 amide bonds. The van der Waals surface area contributed by atoms with Crippen molar-refractivity contribution in [3.8, 4) is 5.75 Å². The number of hydrogen-bond acceptors (Lipinski definition) is 5. The highest BCUT2D eigenvalue weighted by molar-refractivity contribution is 5.73. The molecule has 2 aliphatic heterocycles. The van der Waals surface area contributed by atoms with Crippen molar-refractivity contribution in [2.24, 2.45) is 0 Å².